The molecular formula is C18H30ClNO. The Morgan fingerprint density at radius 1 is 1.00 bits per heavy atom. The predicted octanol–water partition coefficient (Wildman–Crippen LogP) is 5.62. The van der Waals surface area contributed by atoms with Gasteiger partial charge in [0, 0.05) is 6.54 Å². The Bertz CT molecular complexity index is 395. The number of aromatic hydroxyl groups is 1. The standard InChI is InChI=1S/C18H30ClNO/c1-3-4-5-6-7-8-9-10-13-20(2)15-16-11-12-18(21)17(19)14-16/h11-12,14,21H,3-10,13,15H2,1-2H3. The van der Waals surface area contributed by atoms with Gasteiger partial charge in [0.05, 0.1) is 5.02 Å². The molecule has 21 heavy (non-hydrogen) atoms. The first-order valence-electron chi connectivity index (χ1n) is 8.29. The number of rotatable bonds is 11. The molecule has 0 aromatic heterocycles. The average molecular weight is 312 g/mol. The lowest BCUT2D eigenvalue weighted by Crippen LogP contribution is -2.19. The zero-order valence-corrected chi connectivity index (χ0v) is 14.3. The minimum absolute atomic E-state index is 0.158. The smallest absolute Gasteiger partial charge is 0.134 e. The van der Waals surface area contributed by atoms with Crippen molar-refractivity contribution in [3.63, 3.8) is 0 Å². The Morgan fingerprint density at radius 3 is 2.24 bits per heavy atom. The molecule has 0 fully saturated rings. The molecule has 1 rings (SSSR count). The molecule has 1 N–H and O–H groups in total. The van der Waals surface area contributed by atoms with Crippen molar-refractivity contribution in [3.8, 4) is 5.75 Å². The van der Waals surface area contributed by atoms with Crippen LogP contribution in [0.2, 0.25) is 5.02 Å². The molecule has 0 radical (unpaired) electrons. The molecule has 3 heteroatoms. The molecule has 1 aromatic carbocycles. The first-order chi connectivity index (χ1) is 10.1. The maximum Gasteiger partial charge on any atom is 0.134 e. The summed E-state index contributed by atoms with van der Waals surface area (Å²) in [6.07, 6.45) is 10.8. The van der Waals surface area contributed by atoms with Crippen LogP contribution < -0.4 is 0 Å². The molecule has 1 aromatic rings. The van der Waals surface area contributed by atoms with Crippen LogP contribution in [0.4, 0.5) is 0 Å². The van der Waals surface area contributed by atoms with Crippen LogP contribution in [0.1, 0.15) is 63.9 Å². The molecule has 0 aliphatic carbocycles. The third kappa shape index (κ3) is 8.33. The van der Waals surface area contributed by atoms with E-state index in [-0.39, 0.29) is 5.75 Å². The summed E-state index contributed by atoms with van der Waals surface area (Å²) in [5.41, 5.74) is 1.15. The van der Waals surface area contributed by atoms with Gasteiger partial charge in [0.1, 0.15) is 5.75 Å². The number of unbranched alkanes of at least 4 members (excludes halogenated alkanes) is 7. The van der Waals surface area contributed by atoms with Gasteiger partial charge in [0.25, 0.3) is 0 Å². The summed E-state index contributed by atoms with van der Waals surface area (Å²) in [7, 11) is 2.14. The molecule has 0 aliphatic rings. The summed E-state index contributed by atoms with van der Waals surface area (Å²) >= 11 is 5.93. The zero-order chi connectivity index (χ0) is 15.5. The Labute approximate surface area is 135 Å². The van der Waals surface area contributed by atoms with E-state index in [4.69, 9.17) is 11.6 Å². The van der Waals surface area contributed by atoms with E-state index in [1.54, 1.807) is 6.07 Å². The zero-order valence-electron chi connectivity index (χ0n) is 13.6. The van der Waals surface area contributed by atoms with Crippen LogP contribution in [0.25, 0.3) is 0 Å². The van der Waals surface area contributed by atoms with Crippen molar-refractivity contribution in [2.24, 2.45) is 0 Å². The largest absolute Gasteiger partial charge is 0.506 e. The third-order valence-electron chi connectivity index (χ3n) is 3.86. The van der Waals surface area contributed by atoms with Crippen LogP contribution in [0.5, 0.6) is 5.75 Å². The highest BCUT2D eigenvalue weighted by atomic mass is 35.5. The predicted molar refractivity (Wildman–Crippen MR) is 92.1 cm³/mol. The molecule has 0 saturated heterocycles. The van der Waals surface area contributed by atoms with Crippen molar-refractivity contribution in [3.05, 3.63) is 28.8 Å². The van der Waals surface area contributed by atoms with Crippen molar-refractivity contribution in [2.75, 3.05) is 13.6 Å². The van der Waals surface area contributed by atoms with Crippen LogP contribution in [-0.4, -0.2) is 23.6 Å². The lowest BCUT2D eigenvalue weighted by atomic mass is 10.1. The second kappa shape index (κ2) is 10.9. The van der Waals surface area contributed by atoms with E-state index < -0.39 is 0 Å². The van der Waals surface area contributed by atoms with E-state index in [1.165, 1.54) is 51.4 Å². The number of nitrogens with zero attached hydrogens (tertiary/aromatic N) is 1. The number of hydrogen-bond acceptors (Lipinski definition) is 2. The fourth-order valence-electron chi connectivity index (χ4n) is 2.56. The topological polar surface area (TPSA) is 23.5 Å². The quantitative estimate of drug-likeness (QED) is 0.536. The SMILES string of the molecule is CCCCCCCCCCN(C)Cc1ccc(O)c(Cl)c1. The molecule has 0 heterocycles. The van der Waals surface area contributed by atoms with Crippen LogP contribution >= 0.6 is 11.6 Å². The van der Waals surface area contributed by atoms with E-state index in [1.807, 2.05) is 12.1 Å². The Morgan fingerprint density at radius 2 is 1.62 bits per heavy atom. The van der Waals surface area contributed by atoms with Crippen LogP contribution in [-0.2, 0) is 6.54 Å². The van der Waals surface area contributed by atoms with Crippen LogP contribution in [0.3, 0.4) is 0 Å². The number of benzene rings is 1. The Balaban J connectivity index is 2.08. The molecule has 0 aliphatic heterocycles. The highest BCUT2D eigenvalue weighted by molar-refractivity contribution is 6.32. The van der Waals surface area contributed by atoms with Gasteiger partial charge in [-0.05, 0) is 37.7 Å². The first kappa shape index (κ1) is 18.3. The molecule has 0 unspecified atom stereocenters. The van der Waals surface area contributed by atoms with E-state index in [2.05, 4.69) is 18.9 Å². The van der Waals surface area contributed by atoms with Gasteiger partial charge < -0.3 is 10.0 Å². The van der Waals surface area contributed by atoms with Gasteiger partial charge in [-0.25, -0.2) is 0 Å². The highest BCUT2D eigenvalue weighted by Crippen LogP contribution is 2.24. The van der Waals surface area contributed by atoms with E-state index in [0.717, 1.165) is 18.7 Å². The van der Waals surface area contributed by atoms with Crippen molar-refractivity contribution < 1.29 is 5.11 Å². The lowest BCUT2D eigenvalue weighted by Gasteiger charge is -2.17. The van der Waals surface area contributed by atoms with Gasteiger partial charge in [0.2, 0.25) is 0 Å². The molecule has 2 nitrogen and oxygen atoms in total. The van der Waals surface area contributed by atoms with Gasteiger partial charge in [-0.15, -0.1) is 0 Å². The summed E-state index contributed by atoms with van der Waals surface area (Å²) in [4.78, 5) is 2.32. The summed E-state index contributed by atoms with van der Waals surface area (Å²) < 4.78 is 0. The minimum Gasteiger partial charge on any atom is -0.506 e. The fourth-order valence-corrected chi connectivity index (χ4v) is 2.76. The lowest BCUT2D eigenvalue weighted by molar-refractivity contribution is 0.316. The van der Waals surface area contributed by atoms with Gasteiger partial charge in [-0.2, -0.15) is 0 Å². The number of phenols is 1. The Hall–Kier alpha value is -0.730. The summed E-state index contributed by atoms with van der Waals surface area (Å²) in [5.74, 6) is 0.158. The molecule has 0 saturated carbocycles. The second-order valence-corrected chi connectivity index (χ2v) is 6.41. The van der Waals surface area contributed by atoms with E-state index in [9.17, 15) is 5.11 Å². The number of phenolic OH excluding ortho intramolecular Hbond substituents is 1. The molecular weight excluding hydrogens is 282 g/mol. The summed E-state index contributed by atoms with van der Waals surface area (Å²) in [6.45, 7) is 4.26. The minimum atomic E-state index is 0.158. The van der Waals surface area contributed by atoms with E-state index >= 15 is 0 Å². The Kier molecular flexibility index (Phi) is 9.53. The summed E-state index contributed by atoms with van der Waals surface area (Å²) in [5, 5.41) is 9.85. The van der Waals surface area contributed by atoms with Crippen molar-refractivity contribution in [2.45, 2.75) is 64.8 Å². The molecule has 0 spiro atoms. The van der Waals surface area contributed by atoms with Gasteiger partial charge >= 0.3 is 0 Å². The number of hydrogen-bond donors (Lipinski definition) is 1. The molecule has 0 amide bonds. The fraction of sp³-hybridized carbons (Fsp3) is 0.667. The van der Waals surface area contributed by atoms with Gasteiger partial charge in [-0.1, -0.05) is 69.5 Å². The normalized spacial score (nSPS) is 11.2. The van der Waals surface area contributed by atoms with Gasteiger partial charge in [0.15, 0.2) is 0 Å². The van der Waals surface area contributed by atoms with E-state index in [0.29, 0.717) is 5.02 Å². The maximum atomic E-state index is 9.41. The van der Waals surface area contributed by atoms with Crippen LogP contribution in [0.15, 0.2) is 18.2 Å². The van der Waals surface area contributed by atoms with Gasteiger partial charge in [-0.3, -0.25) is 0 Å². The number of halogens is 1. The average Bonchev–Trinajstić information content (AvgIpc) is 2.46. The second-order valence-electron chi connectivity index (χ2n) is 6.00. The maximum absolute atomic E-state index is 9.41. The van der Waals surface area contributed by atoms with Crippen molar-refractivity contribution in [1.82, 2.24) is 4.90 Å². The molecule has 120 valence electrons. The molecule has 0 atom stereocenters. The summed E-state index contributed by atoms with van der Waals surface area (Å²) in [6, 6.07) is 5.45. The van der Waals surface area contributed by atoms with Crippen molar-refractivity contribution in [1.29, 1.82) is 0 Å². The highest BCUT2D eigenvalue weighted by Gasteiger charge is 2.03. The van der Waals surface area contributed by atoms with Crippen molar-refractivity contribution >= 4 is 11.6 Å². The van der Waals surface area contributed by atoms with Crippen LogP contribution in [0, 0.1) is 0 Å². The third-order valence-corrected chi connectivity index (χ3v) is 4.16. The first-order valence-corrected chi connectivity index (χ1v) is 8.67. The monoisotopic (exact) mass is 311 g/mol. The molecule has 0 bridgehead atoms.